The molecule has 0 spiro atoms. The molecule has 1 atom stereocenters. The Morgan fingerprint density at radius 3 is 2.78 bits per heavy atom. The van der Waals surface area contributed by atoms with Gasteiger partial charge in [-0.1, -0.05) is 6.07 Å². The van der Waals surface area contributed by atoms with Crippen molar-refractivity contribution in [2.75, 3.05) is 0 Å². The van der Waals surface area contributed by atoms with Gasteiger partial charge in [-0.25, -0.2) is 8.78 Å². The van der Waals surface area contributed by atoms with Crippen molar-refractivity contribution < 1.29 is 18.3 Å². The second-order valence-electron chi connectivity index (χ2n) is 6.25. The van der Waals surface area contributed by atoms with Crippen LogP contribution in [0.5, 0.6) is 5.75 Å². The van der Waals surface area contributed by atoms with Gasteiger partial charge in [-0.05, 0) is 24.3 Å². The van der Waals surface area contributed by atoms with E-state index in [1.54, 1.807) is 35.3 Å². The van der Waals surface area contributed by atoms with Crippen molar-refractivity contribution in [3.05, 3.63) is 77.4 Å². The second kappa shape index (κ2) is 7.14. The van der Waals surface area contributed by atoms with Crippen LogP contribution in [0.2, 0.25) is 0 Å². The summed E-state index contributed by atoms with van der Waals surface area (Å²) < 4.78 is 34.2. The molecule has 0 unspecified atom stereocenters. The largest absolute Gasteiger partial charge is 0.488 e. The summed E-state index contributed by atoms with van der Waals surface area (Å²) >= 11 is 0. The summed E-state index contributed by atoms with van der Waals surface area (Å²) in [6, 6.07) is 8.52. The van der Waals surface area contributed by atoms with Gasteiger partial charge in [0.05, 0.1) is 6.54 Å². The molecular formula is C19H16F2N4O2. The van der Waals surface area contributed by atoms with Gasteiger partial charge in [-0.15, -0.1) is 0 Å². The minimum Gasteiger partial charge on any atom is -0.488 e. The summed E-state index contributed by atoms with van der Waals surface area (Å²) in [4.78, 5) is 16.2. The fraction of sp³-hybridized carbons (Fsp3) is 0.211. The molecule has 0 saturated carbocycles. The average Bonchev–Trinajstić information content (AvgIpc) is 3.20. The summed E-state index contributed by atoms with van der Waals surface area (Å²) in [6.07, 6.45) is 3.90. The third-order valence-electron chi connectivity index (χ3n) is 4.32. The number of aromatic nitrogens is 3. The number of nitrogens with one attached hydrogen (secondary N) is 1. The van der Waals surface area contributed by atoms with Crippen LogP contribution in [-0.4, -0.2) is 26.8 Å². The SMILES string of the molecule is O=C(NCc1ccc(F)cc1F)c1cc2n(n1)C[C@@H](Oc1ccncc1)C2. The van der Waals surface area contributed by atoms with E-state index in [1.165, 1.54) is 6.07 Å². The van der Waals surface area contributed by atoms with E-state index in [0.717, 1.165) is 23.6 Å². The number of halogens is 2. The normalized spacial score (nSPS) is 15.4. The molecule has 0 radical (unpaired) electrons. The molecule has 1 aromatic carbocycles. The number of fused-ring (bicyclic) bond motifs is 1. The number of benzene rings is 1. The zero-order chi connectivity index (χ0) is 18.8. The van der Waals surface area contributed by atoms with Crippen LogP contribution in [0, 0.1) is 11.6 Å². The van der Waals surface area contributed by atoms with Gasteiger partial charge in [0.15, 0.2) is 0 Å². The van der Waals surface area contributed by atoms with Crippen molar-refractivity contribution in [3.63, 3.8) is 0 Å². The first-order valence-electron chi connectivity index (χ1n) is 8.44. The number of nitrogens with zero attached hydrogens (tertiary/aromatic N) is 3. The number of carbonyl (C=O) groups excluding carboxylic acids is 1. The Labute approximate surface area is 153 Å². The van der Waals surface area contributed by atoms with Crippen LogP contribution in [0.4, 0.5) is 8.78 Å². The molecule has 27 heavy (non-hydrogen) atoms. The monoisotopic (exact) mass is 370 g/mol. The molecule has 2 aromatic heterocycles. The Morgan fingerprint density at radius 2 is 2.04 bits per heavy atom. The molecule has 138 valence electrons. The van der Waals surface area contributed by atoms with E-state index in [2.05, 4.69) is 15.4 Å². The highest BCUT2D eigenvalue weighted by Crippen LogP contribution is 2.21. The zero-order valence-electron chi connectivity index (χ0n) is 14.2. The minimum absolute atomic E-state index is 0.0408. The van der Waals surface area contributed by atoms with Gasteiger partial charge in [-0.2, -0.15) is 5.10 Å². The van der Waals surface area contributed by atoms with E-state index >= 15 is 0 Å². The molecule has 0 fully saturated rings. The van der Waals surface area contributed by atoms with Gasteiger partial charge < -0.3 is 10.1 Å². The van der Waals surface area contributed by atoms with E-state index in [1.807, 2.05) is 0 Å². The summed E-state index contributed by atoms with van der Waals surface area (Å²) in [5.41, 5.74) is 1.37. The van der Waals surface area contributed by atoms with Gasteiger partial charge >= 0.3 is 0 Å². The fourth-order valence-electron chi connectivity index (χ4n) is 3.00. The Kier molecular flexibility index (Phi) is 4.53. The quantitative estimate of drug-likeness (QED) is 0.749. The van der Waals surface area contributed by atoms with E-state index in [-0.39, 0.29) is 23.9 Å². The Bertz CT molecular complexity index is 952. The molecular weight excluding hydrogens is 354 g/mol. The molecule has 1 aliphatic rings. The van der Waals surface area contributed by atoms with Crippen LogP contribution in [0.15, 0.2) is 48.8 Å². The van der Waals surface area contributed by atoms with E-state index in [4.69, 9.17) is 4.74 Å². The summed E-state index contributed by atoms with van der Waals surface area (Å²) in [5.74, 6) is -1.03. The molecule has 1 aliphatic heterocycles. The average molecular weight is 370 g/mol. The molecule has 1 amide bonds. The smallest absolute Gasteiger partial charge is 0.272 e. The van der Waals surface area contributed by atoms with Crippen molar-refractivity contribution in [3.8, 4) is 5.75 Å². The topological polar surface area (TPSA) is 69.0 Å². The maximum Gasteiger partial charge on any atom is 0.272 e. The maximum absolute atomic E-state index is 13.6. The van der Waals surface area contributed by atoms with Crippen molar-refractivity contribution in [1.82, 2.24) is 20.1 Å². The van der Waals surface area contributed by atoms with Gasteiger partial charge in [0.1, 0.15) is 29.2 Å². The molecule has 0 aliphatic carbocycles. The third-order valence-corrected chi connectivity index (χ3v) is 4.32. The first-order chi connectivity index (χ1) is 13.1. The highest BCUT2D eigenvalue weighted by atomic mass is 19.1. The van der Waals surface area contributed by atoms with E-state index in [9.17, 15) is 13.6 Å². The van der Waals surface area contributed by atoms with Gasteiger partial charge in [0.25, 0.3) is 5.91 Å². The Morgan fingerprint density at radius 1 is 1.22 bits per heavy atom. The first-order valence-corrected chi connectivity index (χ1v) is 8.44. The van der Waals surface area contributed by atoms with Crippen LogP contribution >= 0.6 is 0 Å². The number of carbonyl (C=O) groups is 1. The molecule has 4 rings (SSSR count). The summed E-state index contributed by atoms with van der Waals surface area (Å²) in [7, 11) is 0. The van der Waals surface area contributed by atoms with E-state index in [0.29, 0.717) is 13.0 Å². The minimum atomic E-state index is -0.696. The van der Waals surface area contributed by atoms with Gasteiger partial charge in [-0.3, -0.25) is 14.5 Å². The van der Waals surface area contributed by atoms with Crippen LogP contribution in [0.25, 0.3) is 0 Å². The highest BCUT2D eigenvalue weighted by molar-refractivity contribution is 5.92. The number of pyridine rings is 1. The lowest BCUT2D eigenvalue weighted by Crippen LogP contribution is -2.25. The van der Waals surface area contributed by atoms with Crippen LogP contribution in [0.3, 0.4) is 0 Å². The standard InChI is InChI=1S/C19H16F2N4O2/c20-13-2-1-12(17(21)7-13)10-23-19(26)18-9-14-8-16(11-25(14)24-18)27-15-3-5-22-6-4-15/h1-7,9,16H,8,10-11H2,(H,23,26)/t16-/m0/s1. The summed E-state index contributed by atoms with van der Waals surface area (Å²) in [5, 5.41) is 6.89. The van der Waals surface area contributed by atoms with E-state index < -0.39 is 17.5 Å². The lowest BCUT2D eigenvalue weighted by Gasteiger charge is -2.12. The van der Waals surface area contributed by atoms with Gasteiger partial charge in [0, 0.05) is 42.7 Å². The summed E-state index contributed by atoms with van der Waals surface area (Å²) in [6.45, 7) is 0.498. The Hall–Kier alpha value is -3.29. The molecule has 1 N–H and O–H groups in total. The molecule has 3 heterocycles. The molecule has 0 bridgehead atoms. The van der Waals surface area contributed by atoms with Crippen LogP contribution in [0.1, 0.15) is 21.7 Å². The second-order valence-corrected chi connectivity index (χ2v) is 6.25. The number of ether oxygens (including phenoxy) is 1. The van der Waals surface area contributed by atoms with Crippen molar-refractivity contribution in [2.45, 2.75) is 25.6 Å². The van der Waals surface area contributed by atoms with Crippen molar-refractivity contribution in [1.29, 1.82) is 0 Å². The Balaban J connectivity index is 1.35. The molecule has 0 saturated heterocycles. The predicted octanol–water partition coefficient (Wildman–Crippen LogP) is 2.49. The highest BCUT2D eigenvalue weighted by Gasteiger charge is 2.26. The third kappa shape index (κ3) is 3.79. The number of hydrogen-bond acceptors (Lipinski definition) is 4. The molecule has 3 aromatic rings. The molecule has 8 heteroatoms. The number of rotatable bonds is 5. The maximum atomic E-state index is 13.6. The van der Waals surface area contributed by atoms with Crippen LogP contribution < -0.4 is 10.1 Å². The lowest BCUT2D eigenvalue weighted by atomic mass is 10.2. The number of hydrogen-bond donors (Lipinski definition) is 1. The number of amides is 1. The van der Waals surface area contributed by atoms with Crippen LogP contribution in [-0.2, 0) is 19.5 Å². The van der Waals surface area contributed by atoms with Crippen molar-refractivity contribution >= 4 is 5.91 Å². The zero-order valence-corrected chi connectivity index (χ0v) is 14.2. The predicted molar refractivity (Wildman–Crippen MR) is 92.1 cm³/mol. The molecule has 6 nitrogen and oxygen atoms in total. The first kappa shape index (κ1) is 17.1. The fourth-order valence-corrected chi connectivity index (χ4v) is 3.00. The van der Waals surface area contributed by atoms with Crippen molar-refractivity contribution in [2.24, 2.45) is 0 Å². The lowest BCUT2D eigenvalue weighted by molar-refractivity contribution is 0.0943. The van der Waals surface area contributed by atoms with Gasteiger partial charge in [0.2, 0.25) is 0 Å².